The smallest absolute Gasteiger partial charge is 0.220 e. The number of allylic oxidation sites excluding steroid dienone is 23. The van der Waals surface area contributed by atoms with Gasteiger partial charge in [-0.2, -0.15) is 0 Å². The van der Waals surface area contributed by atoms with Crippen LogP contribution < -0.4 is 5.32 Å². The van der Waals surface area contributed by atoms with E-state index in [1.807, 2.05) is 19.1 Å². The van der Waals surface area contributed by atoms with Crippen LogP contribution >= 0.6 is 0 Å². The van der Waals surface area contributed by atoms with Gasteiger partial charge in [-0.15, -0.1) is 0 Å². The van der Waals surface area contributed by atoms with Crippen molar-refractivity contribution in [2.75, 3.05) is 19.8 Å². The van der Waals surface area contributed by atoms with Crippen LogP contribution in [0, 0.1) is 0 Å². The molecule has 12 unspecified atom stereocenters. The molecule has 2 saturated heterocycles. The van der Waals surface area contributed by atoms with Gasteiger partial charge in [0.1, 0.15) is 48.8 Å². The van der Waals surface area contributed by atoms with Crippen LogP contribution in [0.1, 0.15) is 142 Å². The first-order chi connectivity index (χ1) is 37.1. The Bertz CT molecular complexity index is 1830. The fourth-order valence-corrected chi connectivity index (χ4v) is 8.08. The van der Waals surface area contributed by atoms with Crippen LogP contribution in [0.2, 0.25) is 0 Å². The number of aliphatic hydroxyl groups is 8. The van der Waals surface area contributed by atoms with Crippen molar-refractivity contribution in [3.05, 3.63) is 146 Å². The number of carbonyl (C=O) groups excluding carboxylic acids is 1. The van der Waals surface area contributed by atoms with Gasteiger partial charge in [0, 0.05) is 6.42 Å². The van der Waals surface area contributed by atoms with E-state index in [0.29, 0.717) is 12.8 Å². The number of carbonyl (C=O) groups is 1. The normalized spacial score (nSPS) is 26.0. The summed E-state index contributed by atoms with van der Waals surface area (Å²) < 4.78 is 22.6. The fraction of sp³-hybridized carbons (Fsp3) is 0.597. The largest absolute Gasteiger partial charge is 0.394 e. The van der Waals surface area contributed by atoms with E-state index in [1.54, 1.807) is 6.08 Å². The van der Waals surface area contributed by atoms with Crippen LogP contribution in [-0.2, 0) is 23.7 Å². The summed E-state index contributed by atoms with van der Waals surface area (Å²) in [6.45, 7) is 2.35. The topological polar surface area (TPSA) is 228 Å². The van der Waals surface area contributed by atoms with E-state index < -0.39 is 86.8 Å². The third kappa shape index (κ3) is 31.3. The third-order valence-corrected chi connectivity index (χ3v) is 12.6. The Morgan fingerprint density at radius 1 is 0.500 bits per heavy atom. The van der Waals surface area contributed by atoms with E-state index >= 15 is 0 Å². The predicted molar refractivity (Wildman–Crippen MR) is 304 cm³/mol. The van der Waals surface area contributed by atoms with Crippen molar-refractivity contribution in [1.29, 1.82) is 0 Å². The Balaban J connectivity index is 1.69. The molecular weight excluding hydrogens is 967 g/mol. The minimum absolute atomic E-state index is 0.236. The van der Waals surface area contributed by atoms with Gasteiger partial charge in [-0.05, 0) is 110 Å². The molecule has 0 bridgehead atoms. The van der Waals surface area contributed by atoms with Crippen LogP contribution in [0.3, 0.4) is 0 Å². The average Bonchev–Trinajstić information content (AvgIpc) is 3.42. The minimum atomic E-state index is -1.80. The molecule has 2 aliphatic heterocycles. The molecule has 2 heterocycles. The molecule has 428 valence electrons. The molecule has 1 amide bonds. The second-order valence-corrected chi connectivity index (χ2v) is 19.0. The summed E-state index contributed by atoms with van der Waals surface area (Å²) >= 11 is 0. The number of unbranched alkanes of at least 4 members (excludes halogenated alkanes) is 7. The Hall–Kier alpha value is -4.13. The Kier molecular flexibility index (Phi) is 41.0. The molecule has 2 aliphatic rings. The molecule has 12 atom stereocenters. The summed E-state index contributed by atoms with van der Waals surface area (Å²) in [5.74, 6) is -0.284. The van der Waals surface area contributed by atoms with Crippen LogP contribution in [0.5, 0.6) is 0 Å². The molecule has 0 radical (unpaired) electrons. The molecule has 2 fully saturated rings. The molecule has 2 rings (SSSR count). The predicted octanol–water partition coefficient (Wildman–Crippen LogP) is 8.99. The molecule has 14 nitrogen and oxygen atoms in total. The third-order valence-electron chi connectivity index (χ3n) is 12.6. The maximum atomic E-state index is 13.2. The maximum Gasteiger partial charge on any atom is 0.220 e. The maximum absolute atomic E-state index is 13.2. The molecule has 9 N–H and O–H groups in total. The van der Waals surface area contributed by atoms with E-state index in [4.69, 9.17) is 18.9 Å². The zero-order valence-electron chi connectivity index (χ0n) is 45.7. The SMILES string of the molecule is C/C=C/CC/C=C/CC/C=C/C(O)C(COC1OC(CO)C(OC2OC(CO)C(O)C(O)C2O)C(O)C1O)NC(=O)CCCCCCC/C=C\C/C=C\C/C=C\C/C=C\C/C=C\C/C=C\C/C=C\C/C=C\C/C=C\CC. The Morgan fingerprint density at radius 3 is 1.45 bits per heavy atom. The molecule has 0 saturated carbocycles. The fourth-order valence-electron chi connectivity index (χ4n) is 8.08. The average molecular weight is 1060 g/mol. The quantitative estimate of drug-likeness (QED) is 0.0206. The van der Waals surface area contributed by atoms with Crippen LogP contribution in [0.25, 0.3) is 0 Å². The number of aliphatic hydroxyl groups excluding tert-OH is 8. The van der Waals surface area contributed by atoms with Gasteiger partial charge in [0.15, 0.2) is 12.6 Å². The van der Waals surface area contributed by atoms with Gasteiger partial charge in [0.2, 0.25) is 5.91 Å². The lowest BCUT2D eigenvalue weighted by atomic mass is 9.97. The lowest BCUT2D eigenvalue weighted by Crippen LogP contribution is -2.65. The van der Waals surface area contributed by atoms with Crippen molar-refractivity contribution in [1.82, 2.24) is 5.32 Å². The van der Waals surface area contributed by atoms with Crippen LogP contribution in [0.15, 0.2) is 146 Å². The summed E-state index contributed by atoms with van der Waals surface area (Å²) in [6, 6.07) is -0.958. The summed E-state index contributed by atoms with van der Waals surface area (Å²) in [5, 5.41) is 86.6. The van der Waals surface area contributed by atoms with Gasteiger partial charge in [0.25, 0.3) is 0 Å². The van der Waals surface area contributed by atoms with Crippen LogP contribution in [-0.4, -0.2) is 140 Å². The zero-order valence-corrected chi connectivity index (χ0v) is 45.7. The molecule has 76 heavy (non-hydrogen) atoms. The molecule has 0 aromatic rings. The van der Waals surface area contributed by atoms with Crippen LogP contribution in [0.4, 0.5) is 0 Å². The molecule has 14 heteroatoms. The minimum Gasteiger partial charge on any atom is -0.394 e. The van der Waals surface area contributed by atoms with Gasteiger partial charge < -0.3 is 65.1 Å². The molecule has 0 aromatic carbocycles. The summed E-state index contributed by atoms with van der Waals surface area (Å²) in [4.78, 5) is 13.2. The number of hydrogen-bond acceptors (Lipinski definition) is 13. The lowest BCUT2D eigenvalue weighted by molar-refractivity contribution is -0.359. The number of nitrogens with one attached hydrogen (secondary N) is 1. The van der Waals surface area contributed by atoms with Gasteiger partial charge in [-0.1, -0.05) is 172 Å². The molecule has 0 spiro atoms. The van der Waals surface area contributed by atoms with E-state index in [0.717, 1.165) is 109 Å². The van der Waals surface area contributed by atoms with Gasteiger partial charge in [0.05, 0.1) is 32.0 Å². The Labute approximate surface area is 455 Å². The van der Waals surface area contributed by atoms with E-state index in [-0.39, 0.29) is 18.9 Å². The second-order valence-electron chi connectivity index (χ2n) is 19.0. The summed E-state index contributed by atoms with van der Waals surface area (Å²) in [6.07, 6.45) is 52.2. The number of amides is 1. The zero-order chi connectivity index (χ0) is 55.3. The highest BCUT2D eigenvalue weighted by Gasteiger charge is 2.51. The van der Waals surface area contributed by atoms with Crippen molar-refractivity contribution >= 4 is 5.91 Å². The Morgan fingerprint density at radius 2 is 0.934 bits per heavy atom. The van der Waals surface area contributed by atoms with E-state index in [9.17, 15) is 45.6 Å². The van der Waals surface area contributed by atoms with E-state index in [2.05, 4.69) is 140 Å². The molecule has 0 aliphatic carbocycles. The first-order valence-electron chi connectivity index (χ1n) is 28.0. The van der Waals surface area contributed by atoms with E-state index in [1.165, 1.54) is 0 Å². The van der Waals surface area contributed by atoms with Gasteiger partial charge in [-0.25, -0.2) is 0 Å². The number of hydrogen-bond donors (Lipinski definition) is 9. The first-order valence-corrected chi connectivity index (χ1v) is 28.0. The van der Waals surface area contributed by atoms with Crippen molar-refractivity contribution in [3.8, 4) is 0 Å². The standard InChI is InChI=1S/C62H97NO13/c1-3-5-7-9-11-13-14-15-16-17-18-19-20-21-22-23-24-25-26-27-28-29-30-31-32-33-34-35-36-38-40-42-44-46-54(67)63-50(51(66)45-43-41-39-37-12-10-8-6-4-2)49-73-61-59(72)57(70)60(53(48-65)75-61)76-62-58(71)56(69)55(68)52(47-64)74-62/h4-7,11-13,15-16,18-19,21-22,24-25,27-28,30-31,33-34,37,43,45,50-53,55-62,64-66,68-72H,3,8-10,14,17,20,23,26,29,32,35-36,38-42,44,46-49H2,1-2H3,(H,63,67)/b6-4+,7-5-,13-11-,16-15-,19-18-,22-21-,25-24-,28-27-,31-30-,34-33-,37-12+,45-43+. The second kappa shape index (κ2) is 45.8. The monoisotopic (exact) mass is 1060 g/mol. The van der Waals surface area contributed by atoms with Gasteiger partial charge >= 0.3 is 0 Å². The van der Waals surface area contributed by atoms with Crippen molar-refractivity contribution < 1.29 is 64.6 Å². The highest BCUT2D eigenvalue weighted by molar-refractivity contribution is 5.76. The molecular formula is C62H97NO13. The summed E-state index contributed by atoms with van der Waals surface area (Å²) in [7, 11) is 0. The lowest BCUT2D eigenvalue weighted by Gasteiger charge is -2.46. The summed E-state index contributed by atoms with van der Waals surface area (Å²) in [5.41, 5.74) is 0. The highest BCUT2D eigenvalue weighted by atomic mass is 16.7. The van der Waals surface area contributed by atoms with Gasteiger partial charge in [-0.3, -0.25) is 4.79 Å². The molecule has 0 aromatic heterocycles. The number of rotatable bonds is 41. The van der Waals surface area contributed by atoms with Crippen molar-refractivity contribution in [3.63, 3.8) is 0 Å². The van der Waals surface area contributed by atoms with Crippen molar-refractivity contribution in [2.45, 2.75) is 216 Å². The number of ether oxygens (including phenoxy) is 4. The highest BCUT2D eigenvalue weighted by Crippen LogP contribution is 2.30. The first kappa shape index (κ1) is 68.0. The van der Waals surface area contributed by atoms with Crippen molar-refractivity contribution in [2.24, 2.45) is 0 Å².